The summed E-state index contributed by atoms with van der Waals surface area (Å²) >= 11 is 6.08. The summed E-state index contributed by atoms with van der Waals surface area (Å²) in [6.45, 7) is 4.99. The van der Waals surface area contributed by atoms with Crippen LogP contribution in [-0.4, -0.2) is 81.1 Å². The molecule has 2 fully saturated rings. The number of carbonyl (C=O) groups is 3. The number of carboxylic acids is 1. The van der Waals surface area contributed by atoms with Crippen LogP contribution >= 0.6 is 11.6 Å². The Bertz CT molecular complexity index is 1560. The van der Waals surface area contributed by atoms with Gasteiger partial charge in [-0.15, -0.1) is 0 Å². The van der Waals surface area contributed by atoms with Gasteiger partial charge in [-0.05, 0) is 94.1 Å². The van der Waals surface area contributed by atoms with Crippen LogP contribution in [0.25, 0.3) is 0 Å². The van der Waals surface area contributed by atoms with Crippen molar-refractivity contribution in [3.05, 3.63) is 71.3 Å². The molecule has 4 aliphatic rings. The van der Waals surface area contributed by atoms with Crippen LogP contribution in [0.15, 0.2) is 65.6 Å². The predicted molar refractivity (Wildman–Crippen MR) is 166 cm³/mol. The minimum absolute atomic E-state index is 0.0342. The summed E-state index contributed by atoms with van der Waals surface area (Å²) in [5, 5.41) is 14.0. The number of sulfonamides is 1. The summed E-state index contributed by atoms with van der Waals surface area (Å²) in [4.78, 5) is 37.6. The van der Waals surface area contributed by atoms with Crippen molar-refractivity contribution in [2.24, 2.45) is 11.3 Å². The number of hydrogen-bond donors (Lipinski definition) is 3. The highest BCUT2D eigenvalue weighted by atomic mass is 35.5. The first-order valence-corrected chi connectivity index (χ1v) is 16.6. The zero-order valence-corrected chi connectivity index (χ0v) is 26.7. The number of benzene rings is 2. The Morgan fingerprint density at radius 2 is 1.67 bits per heavy atom. The van der Waals surface area contributed by atoms with Gasteiger partial charge in [-0.3, -0.25) is 13.9 Å². The fraction of sp³-hybridized carbons (Fsp3) is 0.452. The Hall–Kier alpha value is -3.62. The van der Waals surface area contributed by atoms with E-state index in [9.17, 15) is 31.2 Å². The molecule has 4 bridgehead atoms. The molecule has 0 aliphatic carbocycles. The lowest BCUT2D eigenvalue weighted by Crippen LogP contribution is -2.58. The number of piperidine rings is 1. The number of aliphatic carboxylic acids is 1. The highest BCUT2D eigenvalue weighted by molar-refractivity contribution is 7.92. The molecule has 0 aromatic heterocycles. The largest absolute Gasteiger partial charge is 0.490 e. The average molecular weight is 685 g/mol. The second kappa shape index (κ2) is 14.4. The molecule has 0 saturated carbocycles. The molecule has 0 radical (unpaired) electrons. The number of carboxylic acid groups (broad SMARTS) is 1. The average Bonchev–Trinajstić information content (AvgIpc) is 2.99. The Morgan fingerprint density at radius 3 is 2.28 bits per heavy atom. The van der Waals surface area contributed by atoms with Gasteiger partial charge < -0.3 is 20.6 Å². The maximum absolute atomic E-state index is 13.9. The third-order valence-electron chi connectivity index (χ3n) is 8.31. The van der Waals surface area contributed by atoms with Gasteiger partial charge in [-0.2, -0.15) is 13.2 Å². The molecule has 1 atom stereocenters. The molecule has 15 heteroatoms. The van der Waals surface area contributed by atoms with Crippen molar-refractivity contribution in [3.63, 3.8) is 0 Å². The fourth-order valence-corrected chi connectivity index (χ4v) is 7.44. The number of allylic oxidation sites excluding steroid dienone is 1. The van der Waals surface area contributed by atoms with Crippen LogP contribution in [0.5, 0.6) is 0 Å². The first kappa shape index (κ1) is 35.2. The summed E-state index contributed by atoms with van der Waals surface area (Å²) in [6.07, 6.45) is 1.50. The SMILES string of the molecule is CC1CC2CN(C2)C(=O)C2(C/C=C/CN(c3ccc(Cl)cc3)S(=O)(=O)c3cccc(c3)C(=O)N1)CCNCC2.O=C(O)C(F)(F)F. The third kappa shape index (κ3) is 8.39. The zero-order chi connectivity index (χ0) is 33.7. The molecule has 1 unspecified atom stereocenters. The van der Waals surface area contributed by atoms with E-state index in [0.717, 1.165) is 32.4 Å². The summed E-state index contributed by atoms with van der Waals surface area (Å²) < 4.78 is 60.8. The molecule has 10 nitrogen and oxygen atoms in total. The third-order valence-corrected chi connectivity index (χ3v) is 10.4. The van der Waals surface area contributed by atoms with Crippen LogP contribution in [0.1, 0.15) is 43.0 Å². The van der Waals surface area contributed by atoms with Crippen molar-refractivity contribution < 1.29 is 41.1 Å². The van der Waals surface area contributed by atoms with E-state index in [-0.39, 0.29) is 34.9 Å². The van der Waals surface area contributed by atoms with Gasteiger partial charge in [0.1, 0.15) is 0 Å². The van der Waals surface area contributed by atoms with E-state index >= 15 is 0 Å². The quantitative estimate of drug-likeness (QED) is 0.378. The summed E-state index contributed by atoms with van der Waals surface area (Å²) in [5.74, 6) is -2.57. The smallest absolute Gasteiger partial charge is 0.475 e. The Labute approximate surface area is 270 Å². The van der Waals surface area contributed by atoms with Gasteiger partial charge in [0.2, 0.25) is 5.91 Å². The molecule has 4 aliphatic heterocycles. The van der Waals surface area contributed by atoms with E-state index in [4.69, 9.17) is 21.5 Å². The highest BCUT2D eigenvalue weighted by Crippen LogP contribution is 2.38. The lowest BCUT2D eigenvalue weighted by molar-refractivity contribution is -0.192. The number of amides is 2. The second-order valence-electron chi connectivity index (χ2n) is 11.7. The number of nitrogens with zero attached hydrogens (tertiary/aromatic N) is 2. The predicted octanol–water partition coefficient (Wildman–Crippen LogP) is 4.47. The zero-order valence-electron chi connectivity index (χ0n) is 25.1. The molecule has 250 valence electrons. The molecule has 1 spiro atoms. The summed E-state index contributed by atoms with van der Waals surface area (Å²) in [5.41, 5.74) is 0.256. The van der Waals surface area contributed by atoms with Gasteiger partial charge in [-0.25, -0.2) is 13.2 Å². The Kier molecular flexibility index (Phi) is 11.1. The first-order chi connectivity index (χ1) is 21.6. The van der Waals surface area contributed by atoms with Crippen molar-refractivity contribution in [3.8, 4) is 0 Å². The molecule has 46 heavy (non-hydrogen) atoms. The van der Waals surface area contributed by atoms with Crippen molar-refractivity contribution in [2.75, 3.05) is 37.0 Å². The topological polar surface area (TPSA) is 136 Å². The highest BCUT2D eigenvalue weighted by Gasteiger charge is 2.45. The number of hydrogen-bond acceptors (Lipinski definition) is 6. The van der Waals surface area contributed by atoms with Crippen molar-refractivity contribution in [1.29, 1.82) is 0 Å². The van der Waals surface area contributed by atoms with Crippen molar-refractivity contribution in [1.82, 2.24) is 15.5 Å². The van der Waals surface area contributed by atoms with E-state index in [1.54, 1.807) is 36.4 Å². The molecule has 2 aromatic rings. The van der Waals surface area contributed by atoms with E-state index in [0.29, 0.717) is 36.1 Å². The number of alkyl halides is 3. The van der Waals surface area contributed by atoms with Crippen molar-refractivity contribution >= 4 is 45.1 Å². The maximum Gasteiger partial charge on any atom is 0.490 e. The number of rotatable bonds is 1. The van der Waals surface area contributed by atoms with Crippen molar-refractivity contribution in [2.45, 2.75) is 49.7 Å². The van der Waals surface area contributed by atoms with Crippen LogP contribution in [0, 0.1) is 11.3 Å². The number of fused-ring (bicyclic) bond motifs is 7. The molecule has 2 saturated heterocycles. The van der Waals surface area contributed by atoms with E-state index in [1.807, 2.05) is 24.0 Å². The summed E-state index contributed by atoms with van der Waals surface area (Å²) in [7, 11) is -4.02. The summed E-state index contributed by atoms with van der Waals surface area (Å²) in [6, 6.07) is 12.7. The van der Waals surface area contributed by atoms with Gasteiger partial charge in [0.05, 0.1) is 22.5 Å². The van der Waals surface area contributed by atoms with Crippen LogP contribution in [0.4, 0.5) is 18.9 Å². The fourth-order valence-electron chi connectivity index (χ4n) is 5.85. The molecular formula is C31H36ClF3N4O6S. The van der Waals surface area contributed by atoms with Gasteiger partial charge in [0, 0.05) is 29.7 Å². The number of halogens is 4. The Morgan fingerprint density at radius 1 is 1.04 bits per heavy atom. The van der Waals surface area contributed by atoms with E-state index < -0.39 is 27.6 Å². The van der Waals surface area contributed by atoms with Gasteiger partial charge in [0.15, 0.2) is 0 Å². The maximum atomic E-state index is 13.9. The van der Waals surface area contributed by atoms with Gasteiger partial charge >= 0.3 is 12.1 Å². The van der Waals surface area contributed by atoms with Gasteiger partial charge in [0.25, 0.3) is 15.9 Å². The monoisotopic (exact) mass is 684 g/mol. The standard InChI is InChI=1S/C29H35ClN4O4S.C2HF3O2/c1-21-17-22-19-33(20-22)28(36)29(12-14-31-15-13-29)11-2-3-16-34(25-9-7-24(30)8-10-25)39(37,38)26-6-4-5-23(18-26)27(35)32-21;3-2(4,5)1(6)7/h2-10,18,21-22,31H,11-17,19-20H2,1H3,(H,32,35);(H,6,7)/b3-2+;. The van der Waals surface area contributed by atoms with Crippen LogP contribution < -0.4 is 14.9 Å². The minimum Gasteiger partial charge on any atom is -0.475 e. The number of nitrogens with one attached hydrogen (secondary N) is 2. The number of anilines is 1. The molecule has 4 heterocycles. The molecule has 2 amide bonds. The molecular weight excluding hydrogens is 649 g/mol. The van der Waals surface area contributed by atoms with Crippen LogP contribution in [-0.2, 0) is 19.6 Å². The van der Waals surface area contributed by atoms with E-state index in [2.05, 4.69) is 10.6 Å². The minimum atomic E-state index is -5.08. The van der Waals surface area contributed by atoms with Gasteiger partial charge in [-0.1, -0.05) is 29.8 Å². The van der Waals surface area contributed by atoms with Crippen LogP contribution in [0.3, 0.4) is 0 Å². The normalized spacial score (nSPS) is 22.8. The van der Waals surface area contributed by atoms with Crippen LogP contribution in [0.2, 0.25) is 5.02 Å². The lowest BCUT2D eigenvalue weighted by Gasteiger charge is -2.47. The first-order valence-electron chi connectivity index (χ1n) is 14.8. The van der Waals surface area contributed by atoms with E-state index in [1.165, 1.54) is 16.4 Å². The number of carbonyl (C=O) groups excluding carboxylic acids is 2. The second-order valence-corrected chi connectivity index (χ2v) is 14.0. The molecule has 3 N–H and O–H groups in total. The Balaban J connectivity index is 0.000000617. The molecule has 2 aromatic carbocycles. The lowest BCUT2D eigenvalue weighted by atomic mass is 9.73. The molecule has 6 rings (SSSR count).